The predicted octanol–water partition coefficient (Wildman–Crippen LogP) is 9.21. The van der Waals surface area contributed by atoms with Gasteiger partial charge in [0, 0.05) is 11.6 Å². The molecule has 0 saturated carbocycles. The zero-order valence-corrected chi connectivity index (χ0v) is 26.9. The molecule has 1 heterocycles. The van der Waals surface area contributed by atoms with Crippen LogP contribution < -0.4 is 15.4 Å². The summed E-state index contributed by atoms with van der Waals surface area (Å²) in [5.74, 6) is -0.920. The molecule has 1 aliphatic carbocycles. The lowest BCUT2D eigenvalue weighted by atomic mass is 9.73. The molecule has 12 heteroatoms. The van der Waals surface area contributed by atoms with Crippen LogP contribution in [-0.4, -0.2) is 36.1 Å². The molecule has 0 fully saturated rings. The van der Waals surface area contributed by atoms with Crippen molar-refractivity contribution in [3.05, 3.63) is 138 Å². The van der Waals surface area contributed by atoms with Crippen molar-refractivity contribution < 1.29 is 40.7 Å². The van der Waals surface area contributed by atoms with Crippen molar-refractivity contribution in [1.82, 2.24) is 10.3 Å². The summed E-state index contributed by atoms with van der Waals surface area (Å²) in [5.41, 5.74) is 2.38. The highest BCUT2D eigenvalue weighted by Gasteiger charge is 2.49. The lowest BCUT2D eigenvalue weighted by Crippen LogP contribution is -2.47. The number of rotatable bonds is 11. The van der Waals surface area contributed by atoms with Gasteiger partial charge < -0.3 is 15.4 Å². The molecule has 6 rings (SSSR count). The number of halogens is 6. The summed E-state index contributed by atoms with van der Waals surface area (Å²) in [6, 6.07) is 28.8. The van der Waals surface area contributed by atoms with Gasteiger partial charge in [0.25, 0.3) is 5.91 Å². The van der Waals surface area contributed by atoms with Crippen molar-refractivity contribution in [2.75, 3.05) is 18.5 Å². The minimum atomic E-state index is -4.56. The van der Waals surface area contributed by atoms with Gasteiger partial charge in [0.1, 0.15) is 12.0 Å². The summed E-state index contributed by atoms with van der Waals surface area (Å²) in [6.45, 7) is -1.22. The largest absolute Gasteiger partial charge is 0.478 e. The number of carbonyl (C=O) groups is 2. The summed E-state index contributed by atoms with van der Waals surface area (Å²) in [5, 5.41) is 4.87. The van der Waals surface area contributed by atoms with Gasteiger partial charge in [-0.15, -0.1) is 0 Å². The second-order valence-corrected chi connectivity index (χ2v) is 12.1. The summed E-state index contributed by atoms with van der Waals surface area (Å²) in [7, 11) is 0. The van der Waals surface area contributed by atoms with Gasteiger partial charge >= 0.3 is 12.4 Å². The van der Waals surface area contributed by atoms with Crippen molar-refractivity contribution in [2.24, 2.45) is 0 Å². The van der Waals surface area contributed by atoms with E-state index in [1.54, 1.807) is 60.7 Å². The Balaban J connectivity index is 1.08. The number of hydrogen-bond acceptors (Lipinski definition) is 4. The van der Waals surface area contributed by atoms with Crippen molar-refractivity contribution in [3.63, 3.8) is 0 Å². The van der Waals surface area contributed by atoms with Crippen LogP contribution in [0.4, 0.5) is 32.0 Å². The Labute approximate surface area is 289 Å². The molecule has 4 aromatic carbocycles. The highest BCUT2D eigenvalue weighted by molar-refractivity contribution is 6.08. The fourth-order valence-electron chi connectivity index (χ4n) is 6.46. The SMILES string of the molecule is O=C(Nc1ccc(OCCCCC2(C(=O)NCC(F)(F)F)c3ccccc3-c3ccccc32)nc1)c1ccccc1-c1ccc(C(F)(F)F)cc1. The van der Waals surface area contributed by atoms with E-state index in [4.69, 9.17) is 4.74 Å². The lowest BCUT2D eigenvalue weighted by Gasteiger charge is -2.31. The average Bonchev–Trinajstić information content (AvgIpc) is 3.41. The first-order valence-corrected chi connectivity index (χ1v) is 16.1. The zero-order chi connectivity index (χ0) is 36.2. The minimum Gasteiger partial charge on any atom is -0.478 e. The van der Waals surface area contributed by atoms with E-state index in [9.17, 15) is 35.9 Å². The standard InChI is InChI=1S/C39H31F6N3O3/c40-38(41,42)24-47-36(50)37(32-13-5-3-10-29(32)30-11-4-6-14-33(30)37)21-7-8-22-51-34-20-19-27(23-46-34)48-35(49)31-12-2-1-9-28(31)25-15-17-26(18-16-25)39(43,44)45/h1-6,9-20,23H,7-8,21-22,24H2,(H,47,50)(H,48,49). The minimum absolute atomic E-state index is 0.211. The molecule has 1 aromatic heterocycles. The Morgan fingerprint density at radius 2 is 1.31 bits per heavy atom. The number of alkyl halides is 6. The van der Waals surface area contributed by atoms with Crippen LogP contribution in [0.25, 0.3) is 22.3 Å². The van der Waals surface area contributed by atoms with Gasteiger partial charge in [-0.25, -0.2) is 4.98 Å². The Bertz CT molecular complexity index is 1980. The number of hydrogen-bond donors (Lipinski definition) is 2. The highest BCUT2D eigenvalue weighted by Crippen LogP contribution is 2.51. The first-order valence-electron chi connectivity index (χ1n) is 16.1. The maximum absolute atomic E-state index is 13.6. The fourth-order valence-corrected chi connectivity index (χ4v) is 6.46. The van der Waals surface area contributed by atoms with Crippen LogP contribution in [0, 0.1) is 0 Å². The molecule has 1 aliphatic rings. The number of nitrogens with one attached hydrogen (secondary N) is 2. The van der Waals surface area contributed by atoms with Crippen molar-refractivity contribution in [3.8, 4) is 28.1 Å². The molecular weight excluding hydrogens is 672 g/mol. The average molecular weight is 704 g/mol. The zero-order valence-electron chi connectivity index (χ0n) is 26.9. The first-order chi connectivity index (χ1) is 24.4. The molecule has 2 N–H and O–H groups in total. The smallest absolute Gasteiger partial charge is 0.416 e. The van der Waals surface area contributed by atoms with Crippen LogP contribution in [0.15, 0.2) is 115 Å². The van der Waals surface area contributed by atoms with Gasteiger partial charge in [-0.3, -0.25) is 9.59 Å². The van der Waals surface area contributed by atoms with Crippen LogP contribution in [-0.2, 0) is 16.4 Å². The van der Waals surface area contributed by atoms with E-state index in [0.29, 0.717) is 40.8 Å². The molecule has 51 heavy (non-hydrogen) atoms. The van der Waals surface area contributed by atoms with Gasteiger partial charge in [0.15, 0.2) is 0 Å². The maximum atomic E-state index is 13.6. The third kappa shape index (κ3) is 7.59. The van der Waals surface area contributed by atoms with E-state index < -0.39 is 41.7 Å². The fraction of sp³-hybridized carbons (Fsp3) is 0.205. The Kier molecular flexibility index (Phi) is 9.86. The van der Waals surface area contributed by atoms with E-state index in [-0.39, 0.29) is 24.5 Å². The van der Waals surface area contributed by atoms with Gasteiger partial charge in [-0.2, -0.15) is 26.3 Å². The van der Waals surface area contributed by atoms with Crippen molar-refractivity contribution >= 4 is 17.5 Å². The van der Waals surface area contributed by atoms with Gasteiger partial charge in [0.05, 0.1) is 24.1 Å². The molecule has 0 bridgehead atoms. The quantitative estimate of drug-likeness (QED) is 0.106. The Morgan fingerprint density at radius 3 is 1.90 bits per heavy atom. The van der Waals surface area contributed by atoms with Crippen LogP contribution in [0.2, 0.25) is 0 Å². The topological polar surface area (TPSA) is 80.3 Å². The monoisotopic (exact) mass is 703 g/mol. The molecule has 0 spiro atoms. The molecule has 6 nitrogen and oxygen atoms in total. The number of pyridine rings is 1. The number of ether oxygens (including phenoxy) is 1. The van der Waals surface area contributed by atoms with Crippen LogP contribution in [0.3, 0.4) is 0 Å². The molecule has 2 amide bonds. The second kappa shape index (κ2) is 14.3. The van der Waals surface area contributed by atoms with Gasteiger partial charge in [-0.05, 0) is 76.9 Å². The lowest BCUT2D eigenvalue weighted by molar-refractivity contribution is -0.141. The normalized spacial score (nSPS) is 13.2. The van der Waals surface area contributed by atoms with Crippen molar-refractivity contribution in [1.29, 1.82) is 0 Å². The van der Waals surface area contributed by atoms with E-state index in [2.05, 4.69) is 15.6 Å². The summed E-state index contributed by atoms with van der Waals surface area (Å²) in [6.07, 6.45) is -6.46. The highest BCUT2D eigenvalue weighted by atomic mass is 19.4. The molecule has 0 unspecified atom stereocenters. The van der Waals surface area contributed by atoms with E-state index in [1.165, 1.54) is 18.3 Å². The number of amides is 2. The molecule has 5 aromatic rings. The van der Waals surface area contributed by atoms with Crippen molar-refractivity contribution in [2.45, 2.75) is 37.0 Å². The summed E-state index contributed by atoms with van der Waals surface area (Å²) in [4.78, 5) is 31.0. The predicted molar refractivity (Wildman–Crippen MR) is 180 cm³/mol. The first kappa shape index (κ1) is 35.2. The molecule has 0 saturated heterocycles. The van der Waals surface area contributed by atoms with E-state index in [0.717, 1.165) is 23.3 Å². The van der Waals surface area contributed by atoms with Crippen LogP contribution in [0.5, 0.6) is 5.88 Å². The molecule has 0 atom stereocenters. The second-order valence-electron chi connectivity index (χ2n) is 12.1. The third-order valence-electron chi connectivity index (χ3n) is 8.79. The number of fused-ring (bicyclic) bond motifs is 3. The van der Waals surface area contributed by atoms with Crippen LogP contribution in [0.1, 0.15) is 46.3 Å². The molecule has 262 valence electrons. The Morgan fingerprint density at radius 1 is 0.706 bits per heavy atom. The number of carbonyl (C=O) groups excluding carboxylic acids is 2. The van der Waals surface area contributed by atoms with Gasteiger partial charge in [0.2, 0.25) is 11.8 Å². The molecule has 0 aliphatic heterocycles. The number of benzene rings is 4. The summed E-state index contributed by atoms with van der Waals surface area (Å²) >= 11 is 0. The maximum Gasteiger partial charge on any atom is 0.416 e. The number of unbranched alkanes of at least 4 members (excludes halogenated alkanes) is 1. The van der Waals surface area contributed by atoms with E-state index in [1.807, 2.05) is 24.3 Å². The number of anilines is 1. The summed E-state index contributed by atoms with van der Waals surface area (Å²) < 4.78 is 84.3. The number of nitrogens with zero attached hydrogens (tertiary/aromatic N) is 1. The molecular formula is C39H31F6N3O3. The Hall–Kier alpha value is -5.65. The number of aromatic nitrogens is 1. The third-order valence-corrected chi connectivity index (χ3v) is 8.79. The van der Waals surface area contributed by atoms with E-state index >= 15 is 0 Å². The molecule has 0 radical (unpaired) electrons. The van der Waals surface area contributed by atoms with Gasteiger partial charge in [-0.1, -0.05) is 78.9 Å². The van der Waals surface area contributed by atoms with Crippen LogP contribution >= 0.6 is 0 Å².